The van der Waals surface area contributed by atoms with Gasteiger partial charge in [0, 0.05) is 37.7 Å². The molecule has 136 valence electrons. The standard InChI is InChI=1S/C19H21FN4O2/c20-17-5-1-4-16(14-17)19(26)24-12-6-15(7-13-24)18(25)23(10-2-8-21)11-3-9-22/h1,4-5,14-15H,2-3,6-7,10-13H2. The Morgan fingerprint density at radius 1 is 1.15 bits per heavy atom. The maximum atomic E-state index is 13.3. The van der Waals surface area contributed by atoms with Crippen molar-refractivity contribution in [3.63, 3.8) is 0 Å². The van der Waals surface area contributed by atoms with Crippen LogP contribution in [-0.2, 0) is 4.79 Å². The zero-order chi connectivity index (χ0) is 18.9. The summed E-state index contributed by atoms with van der Waals surface area (Å²) in [6, 6.07) is 9.62. The second-order valence-corrected chi connectivity index (χ2v) is 6.22. The molecule has 1 fully saturated rings. The molecule has 0 N–H and O–H groups in total. The molecule has 2 amide bonds. The monoisotopic (exact) mass is 356 g/mol. The maximum Gasteiger partial charge on any atom is 0.253 e. The largest absolute Gasteiger partial charge is 0.340 e. The summed E-state index contributed by atoms with van der Waals surface area (Å²) in [5.74, 6) is -0.968. The van der Waals surface area contributed by atoms with Crippen molar-refractivity contribution < 1.29 is 14.0 Å². The van der Waals surface area contributed by atoms with Gasteiger partial charge in [0.1, 0.15) is 5.82 Å². The van der Waals surface area contributed by atoms with E-state index in [4.69, 9.17) is 10.5 Å². The van der Waals surface area contributed by atoms with Gasteiger partial charge in [0.2, 0.25) is 5.91 Å². The van der Waals surface area contributed by atoms with E-state index in [1.165, 1.54) is 18.2 Å². The molecular formula is C19H21FN4O2. The molecule has 0 radical (unpaired) electrons. The molecule has 0 saturated carbocycles. The molecule has 0 spiro atoms. The van der Waals surface area contributed by atoms with Crippen LogP contribution in [0.15, 0.2) is 24.3 Å². The summed E-state index contributed by atoms with van der Waals surface area (Å²) in [6.07, 6.45) is 1.51. The minimum Gasteiger partial charge on any atom is -0.340 e. The minimum absolute atomic E-state index is 0.0617. The van der Waals surface area contributed by atoms with Gasteiger partial charge >= 0.3 is 0 Å². The quantitative estimate of drug-likeness (QED) is 0.782. The minimum atomic E-state index is -0.452. The summed E-state index contributed by atoms with van der Waals surface area (Å²) in [6.45, 7) is 1.49. The molecule has 0 unspecified atom stereocenters. The Balaban J connectivity index is 1.93. The average molecular weight is 356 g/mol. The van der Waals surface area contributed by atoms with E-state index in [9.17, 15) is 14.0 Å². The van der Waals surface area contributed by atoms with Crippen molar-refractivity contribution in [1.82, 2.24) is 9.80 Å². The Kier molecular flexibility index (Phi) is 7.11. The molecule has 1 aliphatic rings. The molecule has 1 aromatic rings. The second-order valence-electron chi connectivity index (χ2n) is 6.22. The molecule has 26 heavy (non-hydrogen) atoms. The Bertz CT molecular complexity index is 712. The van der Waals surface area contributed by atoms with Crippen molar-refractivity contribution in [2.45, 2.75) is 25.7 Å². The lowest BCUT2D eigenvalue weighted by atomic mass is 9.94. The van der Waals surface area contributed by atoms with E-state index in [0.29, 0.717) is 44.6 Å². The highest BCUT2D eigenvalue weighted by atomic mass is 19.1. The summed E-state index contributed by atoms with van der Waals surface area (Å²) in [5, 5.41) is 17.5. The number of hydrogen-bond acceptors (Lipinski definition) is 4. The Morgan fingerprint density at radius 2 is 1.77 bits per heavy atom. The van der Waals surface area contributed by atoms with Crippen molar-refractivity contribution in [3.8, 4) is 12.1 Å². The zero-order valence-electron chi connectivity index (χ0n) is 14.5. The summed E-state index contributed by atoms with van der Waals surface area (Å²) >= 11 is 0. The van der Waals surface area contributed by atoms with Gasteiger partial charge in [0.05, 0.1) is 25.0 Å². The first-order valence-corrected chi connectivity index (χ1v) is 8.64. The van der Waals surface area contributed by atoms with Crippen LogP contribution in [0.2, 0.25) is 0 Å². The Hall–Kier alpha value is -2.93. The molecule has 7 heteroatoms. The Morgan fingerprint density at radius 3 is 2.31 bits per heavy atom. The van der Waals surface area contributed by atoms with Crippen molar-refractivity contribution >= 4 is 11.8 Å². The van der Waals surface area contributed by atoms with Crippen LogP contribution >= 0.6 is 0 Å². The molecule has 1 aliphatic heterocycles. The summed E-state index contributed by atoms with van der Waals surface area (Å²) < 4.78 is 13.3. The molecule has 1 saturated heterocycles. The molecule has 1 aromatic carbocycles. The fourth-order valence-corrected chi connectivity index (χ4v) is 3.09. The first-order chi connectivity index (χ1) is 12.6. The number of nitriles is 2. The number of halogens is 1. The van der Waals surface area contributed by atoms with Crippen LogP contribution in [0.1, 0.15) is 36.0 Å². The van der Waals surface area contributed by atoms with Gasteiger partial charge in [-0.1, -0.05) is 6.07 Å². The van der Waals surface area contributed by atoms with Crippen LogP contribution in [0.25, 0.3) is 0 Å². The van der Waals surface area contributed by atoms with E-state index >= 15 is 0 Å². The third-order valence-electron chi connectivity index (χ3n) is 4.50. The lowest BCUT2D eigenvalue weighted by molar-refractivity contribution is -0.136. The fraction of sp³-hybridized carbons (Fsp3) is 0.474. The SMILES string of the molecule is N#CCCN(CCC#N)C(=O)C1CCN(C(=O)c2cccc(F)c2)CC1. The van der Waals surface area contributed by atoms with Gasteiger partial charge < -0.3 is 9.80 Å². The lowest BCUT2D eigenvalue weighted by Gasteiger charge is -2.34. The first-order valence-electron chi connectivity index (χ1n) is 8.64. The highest BCUT2D eigenvalue weighted by Crippen LogP contribution is 2.22. The lowest BCUT2D eigenvalue weighted by Crippen LogP contribution is -2.45. The number of benzene rings is 1. The molecule has 0 bridgehead atoms. The van der Waals surface area contributed by atoms with Gasteiger partial charge in [-0.3, -0.25) is 9.59 Å². The Labute approximate surface area is 152 Å². The number of amides is 2. The number of hydrogen-bond donors (Lipinski definition) is 0. The zero-order valence-corrected chi connectivity index (χ0v) is 14.5. The molecular weight excluding hydrogens is 335 g/mol. The summed E-state index contributed by atoms with van der Waals surface area (Å²) in [7, 11) is 0. The molecule has 0 atom stereocenters. The van der Waals surface area contributed by atoms with Crippen LogP contribution in [-0.4, -0.2) is 47.8 Å². The third-order valence-corrected chi connectivity index (χ3v) is 4.50. The van der Waals surface area contributed by atoms with Crippen LogP contribution in [0, 0.1) is 34.4 Å². The normalized spacial score (nSPS) is 14.3. The fourth-order valence-electron chi connectivity index (χ4n) is 3.09. The van der Waals surface area contributed by atoms with Gasteiger partial charge in [-0.2, -0.15) is 10.5 Å². The van der Waals surface area contributed by atoms with Crippen molar-refractivity contribution in [2.24, 2.45) is 5.92 Å². The van der Waals surface area contributed by atoms with Gasteiger partial charge in [0.15, 0.2) is 0 Å². The van der Waals surface area contributed by atoms with E-state index in [1.807, 2.05) is 12.1 Å². The van der Waals surface area contributed by atoms with Crippen molar-refractivity contribution in [3.05, 3.63) is 35.6 Å². The van der Waals surface area contributed by atoms with Crippen molar-refractivity contribution in [1.29, 1.82) is 10.5 Å². The predicted octanol–water partition coefficient (Wildman–Crippen LogP) is 2.33. The van der Waals surface area contributed by atoms with Crippen LogP contribution in [0.5, 0.6) is 0 Å². The third kappa shape index (κ3) is 5.03. The summed E-state index contributed by atoms with van der Waals surface area (Å²) in [4.78, 5) is 28.3. The van der Waals surface area contributed by atoms with Gasteiger partial charge in [-0.15, -0.1) is 0 Å². The van der Waals surface area contributed by atoms with Crippen molar-refractivity contribution in [2.75, 3.05) is 26.2 Å². The predicted molar refractivity (Wildman–Crippen MR) is 92.1 cm³/mol. The molecule has 0 aliphatic carbocycles. The topological polar surface area (TPSA) is 88.2 Å². The second kappa shape index (κ2) is 9.53. The number of carbonyl (C=O) groups is 2. The molecule has 1 heterocycles. The van der Waals surface area contributed by atoms with E-state index in [2.05, 4.69) is 0 Å². The highest BCUT2D eigenvalue weighted by Gasteiger charge is 2.30. The number of piperidine rings is 1. The van der Waals surface area contributed by atoms with E-state index < -0.39 is 5.82 Å². The van der Waals surface area contributed by atoms with E-state index in [1.54, 1.807) is 15.9 Å². The number of rotatable bonds is 6. The first kappa shape index (κ1) is 19.4. The van der Waals surface area contributed by atoms with E-state index in [-0.39, 0.29) is 30.6 Å². The highest BCUT2D eigenvalue weighted by molar-refractivity contribution is 5.94. The maximum absolute atomic E-state index is 13.3. The van der Waals surface area contributed by atoms with Crippen LogP contribution < -0.4 is 0 Å². The average Bonchev–Trinajstić information content (AvgIpc) is 2.67. The number of likely N-dealkylation sites (tertiary alicyclic amines) is 1. The van der Waals surface area contributed by atoms with Gasteiger partial charge in [-0.05, 0) is 31.0 Å². The molecule has 2 rings (SSSR count). The number of nitrogens with zero attached hydrogens (tertiary/aromatic N) is 4. The van der Waals surface area contributed by atoms with Crippen LogP contribution in [0.3, 0.4) is 0 Å². The van der Waals surface area contributed by atoms with Gasteiger partial charge in [-0.25, -0.2) is 4.39 Å². The summed E-state index contributed by atoms with van der Waals surface area (Å²) in [5.41, 5.74) is 0.305. The number of carbonyl (C=O) groups excluding carboxylic acids is 2. The molecule has 6 nitrogen and oxygen atoms in total. The molecule has 0 aromatic heterocycles. The van der Waals surface area contributed by atoms with Crippen LogP contribution in [0.4, 0.5) is 4.39 Å². The smallest absolute Gasteiger partial charge is 0.253 e. The van der Waals surface area contributed by atoms with Gasteiger partial charge in [0.25, 0.3) is 5.91 Å². The van der Waals surface area contributed by atoms with E-state index in [0.717, 1.165) is 0 Å².